The van der Waals surface area contributed by atoms with Crippen LogP contribution in [0.1, 0.15) is 0 Å². The largest absolute Gasteiger partial charge is 0.367 e. The average Bonchev–Trinajstić information content (AvgIpc) is 2.19. The summed E-state index contributed by atoms with van der Waals surface area (Å²) in [6.45, 7) is 2.88. The van der Waals surface area contributed by atoms with Crippen LogP contribution in [0.5, 0.6) is 0 Å². The summed E-state index contributed by atoms with van der Waals surface area (Å²) in [6, 6.07) is 10.4. The third-order valence-electron chi connectivity index (χ3n) is 2.25. The maximum Gasteiger partial charge on any atom is 0.100 e. The molecular weight excluding hydrogens is 254 g/mol. The highest BCUT2D eigenvalue weighted by molar-refractivity contribution is 6.20. The molecule has 0 spiro atoms. The molecule has 15 heavy (non-hydrogen) atoms. The van der Waals surface area contributed by atoms with Crippen molar-refractivity contribution in [3.63, 3.8) is 0 Å². The Morgan fingerprint density at radius 3 is 2.47 bits per heavy atom. The Hall–Kier alpha value is -0.150. The zero-order chi connectivity index (χ0) is 9.10. The van der Waals surface area contributed by atoms with Crippen molar-refractivity contribution in [2.24, 2.45) is 0 Å². The maximum atomic E-state index is 6.01. The van der Waals surface area contributed by atoms with Crippen LogP contribution in [0, 0.1) is 0 Å². The van der Waals surface area contributed by atoms with Crippen LogP contribution in [-0.4, -0.2) is 25.1 Å². The van der Waals surface area contributed by atoms with Crippen LogP contribution in [-0.2, 0) is 0 Å². The molecule has 1 saturated heterocycles. The molecule has 0 radical (unpaired) electrons. The fourth-order valence-electron chi connectivity index (χ4n) is 1.58. The lowest BCUT2D eigenvalue weighted by Crippen LogP contribution is -2.48. The van der Waals surface area contributed by atoms with Crippen molar-refractivity contribution >= 4 is 42.1 Å². The smallest absolute Gasteiger partial charge is 0.100 e. The van der Waals surface area contributed by atoms with Gasteiger partial charge in [-0.3, -0.25) is 5.32 Å². The van der Waals surface area contributed by atoms with Gasteiger partial charge in [0.2, 0.25) is 0 Å². The topological polar surface area (TPSA) is 15.3 Å². The van der Waals surface area contributed by atoms with Gasteiger partial charge in [-0.1, -0.05) is 18.2 Å². The molecule has 0 saturated carbocycles. The number of alkyl halides is 1. The molecule has 0 aliphatic carbocycles. The lowest BCUT2D eigenvalue weighted by Gasteiger charge is -2.32. The Labute approximate surface area is 108 Å². The highest BCUT2D eigenvalue weighted by atomic mass is 35.5. The second-order valence-corrected chi connectivity index (χ2v) is 3.73. The molecule has 0 bridgehead atoms. The molecule has 1 atom stereocenters. The van der Waals surface area contributed by atoms with Gasteiger partial charge in [-0.2, -0.15) is 0 Å². The average molecular weight is 270 g/mol. The van der Waals surface area contributed by atoms with Crippen LogP contribution in [0.25, 0.3) is 0 Å². The number of hydrogen-bond acceptors (Lipinski definition) is 2. The summed E-state index contributed by atoms with van der Waals surface area (Å²) in [5.41, 5.74) is 1.34. The Morgan fingerprint density at radius 2 is 1.87 bits per heavy atom. The maximum absolute atomic E-state index is 6.01. The summed E-state index contributed by atoms with van der Waals surface area (Å²) in [4.78, 5) is 2.30. The number of piperazine rings is 1. The van der Waals surface area contributed by atoms with Crippen molar-refractivity contribution in [1.82, 2.24) is 5.32 Å². The summed E-state index contributed by atoms with van der Waals surface area (Å²) >= 11 is 6.01. The summed E-state index contributed by atoms with van der Waals surface area (Å²) in [6.07, 6.45) is 0. The lowest BCUT2D eigenvalue weighted by atomic mass is 10.2. The van der Waals surface area contributed by atoms with Gasteiger partial charge in [0.25, 0.3) is 0 Å². The van der Waals surface area contributed by atoms with Gasteiger partial charge in [0, 0.05) is 25.3 Å². The van der Waals surface area contributed by atoms with E-state index in [-0.39, 0.29) is 30.3 Å². The summed E-state index contributed by atoms with van der Waals surface area (Å²) in [7, 11) is 0. The molecule has 86 valence electrons. The Bertz CT molecular complexity index is 269. The molecule has 0 aromatic heterocycles. The number of benzene rings is 1. The number of hydrogen-bond donors (Lipinski definition) is 1. The van der Waals surface area contributed by atoms with E-state index in [0.29, 0.717) is 0 Å². The first kappa shape index (κ1) is 14.8. The SMILES string of the molecule is Cl.Cl.ClC1CN(c2ccccc2)CCN1. The first-order valence-corrected chi connectivity index (χ1v) is 4.97. The van der Waals surface area contributed by atoms with E-state index in [4.69, 9.17) is 11.6 Å². The zero-order valence-corrected chi connectivity index (χ0v) is 10.6. The van der Waals surface area contributed by atoms with Crippen molar-refractivity contribution in [2.45, 2.75) is 5.50 Å². The van der Waals surface area contributed by atoms with E-state index in [9.17, 15) is 0 Å². The van der Waals surface area contributed by atoms with Gasteiger partial charge in [-0.25, -0.2) is 0 Å². The molecule has 1 aromatic carbocycles. The van der Waals surface area contributed by atoms with Gasteiger partial charge >= 0.3 is 0 Å². The van der Waals surface area contributed by atoms with Crippen molar-refractivity contribution in [3.05, 3.63) is 30.3 Å². The van der Waals surface area contributed by atoms with Crippen LogP contribution in [0.3, 0.4) is 0 Å². The quantitative estimate of drug-likeness (QED) is 0.622. The molecule has 1 aliphatic heterocycles. The second kappa shape index (κ2) is 7.18. The van der Waals surface area contributed by atoms with E-state index in [1.807, 2.05) is 6.07 Å². The highest BCUT2D eigenvalue weighted by Gasteiger charge is 2.16. The minimum absolute atomic E-state index is 0. The molecule has 1 aliphatic rings. The van der Waals surface area contributed by atoms with Gasteiger partial charge < -0.3 is 4.90 Å². The molecule has 2 rings (SSSR count). The monoisotopic (exact) mass is 268 g/mol. The third kappa shape index (κ3) is 4.07. The number of anilines is 1. The second-order valence-electron chi connectivity index (χ2n) is 3.20. The molecule has 1 fully saturated rings. The fraction of sp³-hybridized carbons (Fsp3) is 0.400. The number of nitrogens with zero attached hydrogens (tertiary/aromatic N) is 1. The number of para-hydroxylation sites is 1. The predicted octanol–water partition coefficient (Wildman–Crippen LogP) is 2.50. The van der Waals surface area contributed by atoms with E-state index in [1.54, 1.807) is 0 Å². The molecule has 1 heterocycles. The van der Waals surface area contributed by atoms with Crippen LogP contribution in [0.2, 0.25) is 0 Å². The zero-order valence-electron chi connectivity index (χ0n) is 8.23. The predicted molar refractivity (Wildman–Crippen MR) is 70.8 cm³/mol. The van der Waals surface area contributed by atoms with E-state index in [1.165, 1.54) is 5.69 Å². The van der Waals surface area contributed by atoms with Crippen molar-refractivity contribution in [1.29, 1.82) is 0 Å². The Kier molecular flexibility index (Phi) is 7.11. The van der Waals surface area contributed by atoms with E-state index >= 15 is 0 Å². The van der Waals surface area contributed by atoms with Gasteiger partial charge in [0.1, 0.15) is 5.50 Å². The van der Waals surface area contributed by atoms with Gasteiger partial charge in [-0.05, 0) is 12.1 Å². The van der Waals surface area contributed by atoms with Crippen molar-refractivity contribution < 1.29 is 0 Å². The van der Waals surface area contributed by atoms with Crippen molar-refractivity contribution in [2.75, 3.05) is 24.5 Å². The molecule has 2 nitrogen and oxygen atoms in total. The van der Waals surface area contributed by atoms with E-state index in [2.05, 4.69) is 34.5 Å². The van der Waals surface area contributed by atoms with Gasteiger partial charge in [0.05, 0.1) is 0 Å². The highest BCUT2D eigenvalue weighted by Crippen LogP contribution is 2.15. The number of nitrogens with one attached hydrogen (secondary N) is 1. The van der Waals surface area contributed by atoms with Crippen LogP contribution >= 0.6 is 36.4 Å². The Balaban J connectivity index is 0.000000980. The molecule has 1 unspecified atom stereocenters. The first-order valence-electron chi connectivity index (χ1n) is 4.54. The number of rotatable bonds is 1. The lowest BCUT2D eigenvalue weighted by molar-refractivity contribution is 0.552. The van der Waals surface area contributed by atoms with Crippen LogP contribution < -0.4 is 10.2 Å². The van der Waals surface area contributed by atoms with E-state index in [0.717, 1.165) is 19.6 Å². The number of halogens is 3. The molecule has 5 heteroatoms. The molecule has 1 N–H and O–H groups in total. The summed E-state index contributed by atoms with van der Waals surface area (Å²) < 4.78 is 0. The standard InChI is InChI=1S/C10H13ClN2.2ClH/c11-10-8-13(7-6-12-10)9-4-2-1-3-5-9;;/h1-5,10,12H,6-8H2;2*1H. The fourth-order valence-corrected chi connectivity index (χ4v) is 1.85. The normalized spacial score (nSPS) is 20.1. The van der Waals surface area contributed by atoms with Crippen LogP contribution in [0.15, 0.2) is 30.3 Å². The first-order chi connectivity index (χ1) is 6.36. The summed E-state index contributed by atoms with van der Waals surface area (Å²) in [5, 5.41) is 3.21. The van der Waals surface area contributed by atoms with E-state index < -0.39 is 0 Å². The van der Waals surface area contributed by atoms with Crippen molar-refractivity contribution in [3.8, 4) is 0 Å². The molecule has 0 amide bonds. The molecule has 1 aromatic rings. The summed E-state index contributed by atoms with van der Waals surface area (Å²) in [5.74, 6) is 0. The minimum atomic E-state index is 0. The van der Waals surface area contributed by atoms with Gasteiger partial charge in [-0.15, -0.1) is 36.4 Å². The van der Waals surface area contributed by atoms with Crippen LogP contribution in [0.4, 0.5) is 5.69 Å². The van der Waals surface area contributed by atoms with Gasteiger partial charge in [0.15, 0.2) is 0 Å². The molecular formula is C10H15Cl3N2. The Morgan fingerprint density at radius 1 is 1.20 bits per heavy atom. The third-order valence-corrected chi connectivity index (χ3v) is 2.54. The minimum Gasteiger partial charge on any atom is -0.367 e.